The number of hydrogen-bond donors (Lipinski definition) is 1. The minimum absolute atomic E-state index is 0.566. The summed E-state index contributed by atoms with van der Waals surface area (Å²) in [6.45, 7) is 7.20. The Morgan fingerprint density at radius 2 is 1.86 bits per heavy atom. The Bertz CT molecular complexity index is 814. The molecule has 1 aliphatic rings. The number of ether oxygens (including phenoxy) is 1. The molecule has 0 atom stereocenters. The van der Waals surface area contributed by atoms with Crippen LogP contribution in [0.3, 0.4) is 0 Å². The Hall–Kier alpha value is -2.96. The number of nitrogens with one attached hydrogen (secondary N) is 1. The third-order valence-electron chi connectivity index (χ3n) is 4.98. The summed E-state index contributed by atoms with van der Waals surface area (Å²) < 4.78 is 5.52. The second kappa shape index (κ2) is 10.0. The van der Waals surface area contributed by atoms with Crippen LogP contribution in [-0.2, 0) is 6.54 Å². The summed E-state index contributed by atoms with van der Waals surface area (Å²) in [5, 5.41) is 3.43. The lowest BCUT2D eigenvalue weighted by Crippen LogP contribution is -2.52. The molecule has 0 bridgehead atoms. The van der Waals surface area contributed by atoms with E-state index in [-0.39, 0.29) is 0 Å². The zero-order valence-corrected chi connectivity index (χ0v) is 17.9. The third kappa shape index (κ3) is 5.31. The Morgan fingerprint density at radius 1 is 1.10 bits per heavy atom. The van der Waals surface area contributed by atoms with Crippen molar-refractivity contribution in [1.82, 2.24) is 15.2 Å². The average Bonchev–Trinajstić information content (AvgIpc) is 2.77. The summed E-state index contributed by atoms with van der Waals surface area (Å²) >= 11 is 0. The van der Waals surface area contributed by atoms with Crippen LogP contribution in [0.2, 0.25) is 0 Å². The molecule has 0 amide bonds. The third-order valence-corrected chi connectivity index (χ3v) is 4.98. The molecule has 1 saturated heterocycles. The highest BCUT2D eigenvalue weighted by Gasteiger charge is 2.21. The molecule has 1 aromatic heterocycles. The molecule has 0 unspecified atom stereocenters. The van der Waals surface area contributed by atoms with E-state index in [1.165, 1.54) is 0 Å². The molecule has 0 spiro atoms. The lowest BCUT2D eigenvalue weighted by molar-refractivity contribution is 0.367. The van der Waals surface area contributed by atoms with Gasteiger partial charge in [-0.15, -0.1) is 0 Å². The fourth-order valence-electron chi connectivity index (χ4n) is 3.44. The summed E-state index contributed by atoms with van der Waals surface area (Å²) in [6.07, 6.45) is 0. The van der Waals surface area contributed by atoms with E-state index < -0.39 is 0 Å². The van der Waals surface area contributed by atoms with Gasteiger partial charge in [0.25, 0.3) is 0 Å². The van der Waals surface area contributed by atoms with Gasteiger partial charge < -0.3 is 24.8 Å². The number of benzene rings is 1. The van der Waals surface area contributed by atoms with Gasteiger partial charge in [-0.3, -0.25) is 0 Å². The van der Waals surface area contributed by atoms with Gasteiger partial charge >= 0.3 is 0 Å². The standard InChI is InChI=1S/C22H32N6O/c1-5-23-22(24-17-18-9-8-12-21(25-18)26(2)3)28-15-13-27(14-16-28)19-10-6-7-11-20(19)29-4/h6-12H,5,13-17H2,1-4H3,(H,23,24). The topological polar surface area (TPSA) is 56.2 Å². The highest BCUT2D eigenvalue weighted by Crippen LogP contribution is 2.28. The summed E-state index contributed by atoms with van der Waals surface area (Å²) in [7, 11) is 5.73. The van der Waals surface area contributed by atoms with Crippen molar-refractivity contribution >= 4 is 17.5 Å². The van der Waals surface area contributed by atoms with Crippen LogP contribution in [0.1, 0.15) is 12.6 Å². The Kier molecular flexibility index (Phi) is 7.16. The first kappa shape index (κ1) is 20.8. The van der Waals surface area contributed by atoms with E-state index in [9.17, 15) is 0 Å². The first-order valence-corrected chi connectivity index (χ1v) is 10.2. The normalized spacial score (nSPS) is 14.7. The predicted molar refractivity (Wildman–Crippen MR) is 120 cm³/mol. The van der Waals surface area contributed by atoms with Gasteiger partial charge in [0, 0.05) is 46.8 Å². The summed E-state index contributed by atoms with van der Waals surface area (Å²) in [4.78, 5) is 16.2. The first-order valence-electron chi connectivity index (χ1n) is 10.2. The maximum Gasteiger partial charge on any atom is 0.194 e. The number of aliphatic imine (C=N–C) groups is 1. The van der Waals surface area contributed by atoms with Gasteiger partial charge in [-0.25, -0.2) is 9.98 Å². The number of nitrogens with zero attached hydrogens (tertiary/aromatic N) is 5. The van der Waals surface area contributed by atoms with Crippen LogP contribution in [0.4, 0.5) is 11.5 Å². The molecule has 0 aliphatic carbocycles. The van der Waals surface area contributed by atoms with Crippen LogP contribution in [-0.4, -0.2) is 69.8 Å². The maximum atomic E-state index is 5.52. The summed E-state index contributed by atoms with van der Waals surface area (Å²) in [5.41, 5.74) is 2.13. The molecular formula is C22H32N6O. The van der Waals surface area contributed by atoms with E-state index in [2.05, 4.69) is 39.2 Å². The minimum Gasteiger partial charge on any atom is -0.495 e. The van der Waals surface area contributed by atoms with E-state index in [1.807, 2.05) is 49.3 Å². The summed E-state index contributed by atoms with van der Waals surface area (Å²) in [5.74, 6) is 2.82. The smallest absolute Gasteiger partial charge is 0.194 e. The number of aromatic nitrogens is 1. The van der Waals surface area contributed by atoms with E-state index >= 15 is 0 Å². The van der Waals surface area contributed by atoms with Crippen molar-refractivity contribution in [3.63, 3.8) is 0 Å². The molecule has 0 radical (unpaired) electrons. The van der Waals surface area contributed by atoms with Crippen LogP contribution in [0.5, 0.6) is 5.75 Å². The molecule has 2 heterocycles. The largest absolute Gasteiger partial charge is 0.495 e. The predicted octanol–water partition coefficient (Wildman–Crippen LogP) is 2.44. The second-order valence-corrected chi connectivity index (χ2v) is 7.20. The molecule has 1 fully saturated rings. The van der Waals surface area contributed by atoms with Gasteiger partial charge in [0.1, 0.15) is 11.6 Å². The van der Waals surface area contributed by atoms with Crippen LogP contribution in [0.25, 0.3) is 0 Å². The fourth-order valence-corrected chi connectivity index (χ4v) is 3.44. The second-order valence-electron chi connectivity index (χ2n) is 7.20. The zero-order valence-electron chi connectivity index (χ0n) is 17.9. The Balaban J connectivity index is 1.66. The van der Waals surface area contributed by atoms with Gasteiger partial charge in [-0.1, -0.05) is 18.2 Å². The number of methoxy groups -OCH3 is 1. The highest BCUT2D eigenvalue weighted by molar-refractivity contribution is 5.80. The number of rotatable bonds is 6. The number of hydrogen-bond acceptors (Lipinski definition) is 5. The number of para-hydroxylation sites is 2. The van der Waals surface area contributed by atoms with Crippen molar-refractivity contribution in [2.45, 2.75) is 13.5 Å². The molecule has 2 aromatic rings. The van der Waals surface area contributed by atoms with Gasteiger partial charge in [0.15, 0.2) is 5.96 Å². The van der Waals surface area contributed by atoms with Gasteiger partial charge in [-0.05, 0) is 31.2 Å². The maximum absolute atomic E-state index is 5.52. The van der Waals surface area contributed by atoms with Crippen LogP contribution < -0.4 is 19.9 Å². The lowest BCUT2D eigenvalue weighted by atomic mass is 10.2. The molecule has 156 valence electrons. The van der Waals surface area contributed by atoms with E-state index in [0.29, 0.717) is 6.54 Å². The van der Waals surface area contributed by atoms with E-state index in [1.54, 1.807) is 7.11 Å². The molecule has 1 N–H and O–H groups in total. The van der Waals surface area contributed by atoms with Gasteiger partial charge in [0.05, 0.1) is 25.0 Å². The van der Waals surface area contributed by atoms with Crippen LogP contribution in [0.15, 0.2) is 47.5 Å². The Morgan fingerprint density at radius 3 is 2.55 bits per heavy atom. The van der Waals surface area contributed by atoms with E-state index in [4.69, 9.17) is 9.73 Å². The number of piperazine rings is 1. The molecule has 29 heavy (non-hydrogen) atoms. The van der Waals surface area contributed by atoms with Crippen molar-refractivity contribution < 1.29 is 4.74 Å². The van der Waals surface area contributed by atoms with Gasteiger partial charge in [0.2, 0.25) is 0 Å². The highest BCUT2D eigenvalue weighted by atomic mass is 16.5. The average molecular weight is 397 g/mol. The quantitative estimate of drug-likeness (QED) is 0.598. The molecule has 1 aromatic carbocycles. The fraction of sp³-hybridized carbons (Fsp3) is 0.455. The molecule has 0 saturated carbocycles. The van der Waals surface area contributed by atoms with Crippen molar-refractivity contribution in [2.24, 2.45) is 4.99 Å². The molecule has 7 nitrogen and oxygen atoms in total. The SMILES string of the molecule is CCNC(=NCc1cccc(N(C)C)n1)N1CCN(c2ccccc2OC)CC1. The lowest BCUT2D eigenvalue weighted by Gasteiger charge is -2.38. The van der Waals surface area contributed by atoms with Gasteiger partial charge in [-0.2, -0.15) is 0 Å². The monoisotopic (exact) mass is 396 g/mol. The van der Waals surface area contributed by atoms with Crippen molar-refractivity contribution in [3.8, 4) is 5.75 Å². The van der Waals surface area contributed by atoms with Crippen LogP contribution in [0, 0.1) is 0 Å². The van der Waals surface area contributed by atoms with Crippen molar-refractivity contribution in [3.05, 3.63) is 48.2 Å². The van der Waals surface area contributed by atoms with Crippen molar-refractivity contribution in [1.29, 1.82) is 0 Å². The molecule has 1 aliphatic heterocycles. The zero-order chi connectivity index (χ0) is 20.6. The molecule has 3 rings (SSSR count). The molecule has 7 heteroatoms. The Labute approximate surface area is 174 Å². The number of pyridine rings is 1. The number of guanidine groups is 1. The minimum atomic E-state index is 0.566. The number of anilines is 2. The van der Waals surface area contributed by atoms with Crippen molar-refractivity contribution in [2.75, 3.05) is 63.7 Å². The van der Waals surface area contributed by atoms with Crippen LogP contribution >= 0.6 is 0 Å². The molecular weight excluding hydrogens is 364 g/mol. The summed E-state index contributed by atoms with van der Waals surface area (Å²) in [6, 6.07) is 14.3. The first-order chi connectivity index (χ1) is 14.1. The van der Waals surface area contributed by atoms with E-state index in [0.717, 1.165) is 61.6 Å².